The first kappa shape index (κ1) is 15.6. The largest absolute Gasteiger partial charge is 0.492 e. The molecule has 0 saturated heterocycles. The molecule has 0 unspecified atom stereocenters. The fourth-order valence-corrected chi connectivity index (χ4v) is 4.07. The number of halogens is 1. The summed E-state index contributed by atoms with van der Waals surface area (Å²) in [6.45, 7) is 2.21. The first-order chi connectivity index (χ1) is 9.53. The lowest BCUT2D eigenvalue weighted by Crippen LogP contribution is -2.36. The van der Waals surface area contributed by atoms with Crippen molar-refractivity contribution < 1.29 is 13.2 Å². The van der Waals surface area contributed by atoms with Gasteiger partial charge in [0.2, 0.25) is 10.0 Å². The maximum atomic E-state index is 12.5. The SMILES string of the molecule is CCOc1cc(Cl)ccc1S(=O)(=O)NC1CCCCC1. The first-order valence-electron chi connectivity index (χ1n) is 6.97. The number of hydrogen-bond acceptors (Lipinski definition) is 3. The maximum absolute atomic E-state index is 12.5. The molecular formula is C14H20ClNO3S. The highest BCUT2D eigenvalue weighted by atomic mass is 35.5. The second-order valence-corrected chi connectivity index (χ2v) is 7.10. The third-order valence-corrected chi connectivity index (χ3v) is 5.22. The lowest BCUT2D eigenvalue weighted by atomic mass is 9.96. The van der Waals surface area contributed by atoms with Crippen LogP contribution in [0.4, 0.5) is 0 Å². The Balaban J connectivity index is 2.23. The van der Waals surface area contributed by atoms with Crippen LogP contribution >= 0.6 is 11.6 Å². The average molecular weight is 318 g/mol. The monoisotopic (exact) mass is 317 g/mol. The van der Waals surface area contributed by atoms with Gasteiger partial charge in [-0.15, -0.1) is 0 Å². The van der Waals surface area contributed by atoms with Gasteiger partial charge < -0.3 is 4.74 Å². The van der Waals surface area contributed by atoms with Crippen molar-refractivity contribution in [3.8, 4) is 5.75 Å². The van der Waals surface area contributed by atoms with Crippen LogP contribution in [-0.2, 0) is 10.0 Å². The fraction of sp³-hybridized carbons (Fsp3) is 0.571. The van der Waals surface area contributed by atoms with Crippen molar-refractivity contribution in [2.45, 2.75) is 50.0 Å². The molecule has 0 atom stereocenters. The predicted octanol–water partition coefficient (Wildman–Crippen LogP) is 3.35. The van der Waals surface area contributed by atoms with E-state index >= 15 is 0 Å². The lowest BCUT2D eigenvalue weighted by molar-refractivity contribution is 0.330. The molecule has 112 valence electrons. The van der Waals surface area contributed by atoms with E-state index in [1.807, 2.05) is 6.92 Å². The van der Waals surface area contributed by atoms with E-state index in [4.69, 9.17) is 16.3 Å². The van der Waals surface area contributed by atoms with E-state index in [1.165, 1.54) is 12.5 Å². The van der Waals surface area contributed by atoms with Crippen LogP contribution in [0.5, 0.6) is 5.75 Å². The lowest BCUT2D eigenvalue weighted by Gasteiger charge is -2.23. The third-order valence-electron chi connectivity index (χ3n) is 3.42. The molecule has 0 bridgehead atoms. The molecule has 0 spiro atoms. The zero-order valence-electron chi connectivity index (χ0n) is 11.6. The number of nitrogens with one attached hydrogen (secondary N) is 1. The van der Waals surface area contributed by atoms with Crippen LogP contribution in [0.2, 0.25) is 5.02 Å². The summed E-state index contributed by atoms with van der Waals surface area (Å²) < 4.78 is 33.1. The van der Waals surface area contributed by atoms with E-state index in [1.54, 1.807) is 12.1 Å². The van der Waals surface area contributed by atoms with Crippen LogP contribution in [0, 0.1) is 0 Å². The molecule has 20 heavy (non-hydrogen) atoms. The first-order valence-corrected chi connectivity index (χ1v) is 8.83. The smallest absolute Gasteiger partial charge is 0.244 e. The van der Waals surface area contributed by atoms with Crippen molar-refractivity contribution in [1.29, 1.82) is 0 Å². The number of hydrogen-bond donors (Lipinski definition) is 1. The van der Waals surface area contributed by atoms with E-state index in [9.17, 15) is 8.42 Å². The van der Waals surface area contributed by atoms with Gasteiger partial charge in [-0.25, -0.2) is 13.1 Å². The molecule has 1 aromatic carbocycles. The fourth-order valence-electron chi connectivity index (χ4n) is 2.48. The van der Waals surface area contributed by atoms with Crippen LogP contribution in [0.15, 0.2) is 23.1 Å². The Morgan fingerprint density at radius 3 is 2.65 bits per heavy atom. The number of ether oxygens (including phenoxy) is 1. The molecule has 1 aliphatic carbocycles. The van der Waals surface area contributed by atoms with E-state index < -0.39 is 10.0 Å². The van der Waals surface area contributed by atoms with E-state index in [-0.39, 0.29) is 10.9 Å². The highest BCUT2D eigenvalue weighted by Gasteiger charge is 2.24. The Morgan fingerprint density at radius 1 is 1.30 bits per heavy atom. The molecule has 1 saturated carbocycles. The summed E-state index contributed by atoms with van der Waals surface area (Å²) in [5, 5.41) is 0.463. The zero-order chi connectivity index (χ0) is 14.6. The van der Waals surface area contributed by atoms with Crippen molar-refractivity contribution in [2.75, 3.05) is 6.61 Å². The highest BCUT2D eigenvalue weighted by Crippen LogP contribution is 2.28. The summed E-state index contributed by atoms with van der Waals surface area (Å²) in [5.41, 5.74) is 0. The Kier molecular flexibility index (Phi) is 5.29. The van der Waals surface area contributed by atoms with Crippen molar-refractivity contribution in [3.63, 3.8) is 0 Å². The maximum Gasteiger partial charge on any atom is 0.244 e. The van der Waals surface area contributed by atoms with Crippen LogP contribution in [0.25, 0.3) is 0 Å². The van der Waals surface area contributed by atoms with Crippen molar-refractivity contribution >= 4 is 21.6 Å². The summed E-state index contributed by atoms with van der Waals surface area (Å²) in [5.74, 6) is 0.309. The van der Waals surface area contributed by atoms with Crippen LogP contribution in [0.1, 0.15) is 39.0 Å². The number of sulfonamides is 1. The quantitative estimate of drug-likeness (QED) is 0.906. The van der Waals surface area contributed by atoms with Gasteiger partial charge in [-0.1, -0.05) is 30.9 Å². The van der Waals surface area contributed by atoms with Gasteiger partial charge in [-0.05, 0) is 31.9 Å². The minimum absolute atomic E-state index is 0.0268. The second kappa shape index (κ2) is 6.78. The van der Waals surface area contributed by atoms with Gasteiger partial charge in [0.15, 0.2) is 0 Å². The molecule has 0 aromatic heterocycles. The molecule has 0 radical (unpaired) electrons. The number of benzene rings is 1. The third kappa shape index (κ3) is 3.87. The molecule has 2 rings (SSSR count). The summed E-state index contributed by atoms with van der Waals surface area (Å²) >= 11 is 5.90. The van der Waals surface area contributed by atoms with Gasteiger partial charge in [0, 0.05) is 17.1 Å². The highest BCUT2D eigenvalue weighted by molar-refractivity contribution is 7.89. The Morgan fingerprint density at radius 2 is 2.00 bits per heavy atom. The zero-order valence-corrected chi connectivity index (χ0v) is 13.1. The van der Waals surface area contributed by atoms with Crippen LogP contribution in [0.3, 0.4) is 0 Å². The van der Waals surface area contributed by atoms with Gasteiger partial charge in [0.05, 0.1) is 6.61 Å². The van der Waals surface area contributed by atoms with E-state index in [0.29, 0.717) is 17.4 Å². The molecular weight excluding hydrogens is 298 g/mol. The molecule has 1 aromatic rings. The van der Waals surface area contributed by atoms with Gasteiger partial charge >= 0.3 is 0 Å². The molecule has 4 nitrogen and oxygen atoms in total. The summed E-state index contributed by atoms with van der Waals surface area (Å²) in [7, 11) is -3.56. The molecule has 1 N–H and O–H groups in total. The summed E-state index contributed by atoms with van der Waals surface area (Å²) in [6.07, 6.45) is 5.13. The van der Waals surface area contributed by atoms with Crippen LogP contribution < -0.4 is 9.46 Å². The van der Waals surface area contributed by atoms with Crippen molar-refractivity contribution in [1.82, 2.24) is 4.72 Å². The Bertz CT molecular complexity index is 554. The van der Waals surface area contributed by atoms with Gasteiger partial charge in [-0.3, -0.25) is 0 Å². The average Bonchev–Trinajstić information content (AvgIpc) is 2.39. The summed E-state index contributed by atoms with van der Waals surface area (Å²) in [4.78, 5) is 0.161. The minimum Gasteiger partial charge on any atom is -0.492 e. The molecule has 0 aliphatic heterocycles. The topological polar surface area (TPSA) is 55.4 Å². The van der Waals surface area contributed by atoms with Crippen molar-refractivity contribution in [2.24, 2.45) is 0 Å². The van der Waals surface area contributed by atoms with Gasteiger partial charge in [0.1, 0.15) is 10.6 Å². The predicted molar refractivity (Wildman–Crippen MR) is 79.8 cm³/mol. The van der Waals surface area contributed by atoms with Crippen molar-refractivity contribution in [3.05, 3.63) is 23.2 Å². The van der Waals surface area contributed by atoms with Gasteiger partial charge in [-0.2, -0.15) is 0 Å². The molecule has 0 heterocycles. The Hall–Kier alpha value is -0.780. The second-order valence-electron chi connectivity index (χ2n) is 4.98. The van der Waals surface area contributed by atoms with E-state index in [0.717, 1.165) is 25.7 Å². The summed E-state index contributed by atoms with van der Waals surface area (Å²) in [6, 6.07) is 4.64. The van der Waals surface area contributed by atoms with Gasteiger partial charge in [0.25, 0.3) is 0 Å². The standard InChI is InChI=1S/C14H20ClNO3S/c1-2-19-13-10-11(15)8-9-14(13)20(17,18)16-12-6-4-3-5-7-12/h8-10,12,16H,2-7H2,1H3. The minimum atomic E-state index is -3.56. The van der Waals surface area contributed by atoms with Crippen LogP contribution in [-0.4, -0.2) is 21.1 Å². The molecule has 6 heteroatoms. The molecule has 1 fully saturated rings. The molecule has 0 amide bonds. The van der Waals surface area contributed by atoms with E-state index in [2.05, 4.69) is 4.72 Å². The Labute approximate surface area is 125 Å². The normalized spacial score (nSPS) is 17.1. The molecule has 1 aliphatic rings. The number of rotatable bonds is 5.